The Bertz CT molecular complexity index is 720. The topological polar surface area (TPSA) is 75.4 Å². The molecular weight excluding hydrogens is 278 g/mol. The normalized spacial score (nSPS) is 11.8. The number of benzene rings is 1. The van der Waals surface area contributed by atoms with Crippen LogP contribution in [0.1, 0.15) is 11.3 Å². The molecule has 1 aromatic carbocycles. The van der Waals surface area contributed by atoms with Crippen LogP contribution in [0, 0.1) is 13.8 Å². The molecule has 108 valence electrons. The smallest absolute Gasteiger partial charge is 0.301 e. The van der Waals surface area contributed by atoms with E-state index in [0.717, 1.165) is 21.1 Å². The number of aryl methyl sites for hydroxylation is 2. The Labute approximate surface area is 118 Å². The molecule has 2 rings (SSSR count). The van der Waals surface area contributed by atoms with Crippen molar-refractivity contribution < 1.29 is 12.8 Å². The number of hydrogen-bond acceptors (Lipinski definition) is 4. The van der Waals surface area contributed by atoms with Gasteiger partial charge in [0.25, 0.3) is 0 Å². The maximum atomic E-state index is 11.8. The highest BCUT2D eigenvalue weighted by Crippen LogP contribution is 2.26. The van der Waals surface area contributed by atoms with Crippen LogP contribution in [-0.2, 0) is 10.2 Å². The van der Waals surface area contributed by atoms with Crippen molar-refractivity contribution >= 4 is 15.9 Å². The van der Waals surface area contributed by atoms with Gasteiger partial charge in [-0.3, -0.25) is 4.72 Å². The number of oxazole rings is 1. The van der Waals surface area contributed by atoms with E-state index >= 15 is 0 Å². The summed E-state index contributed by atoms with van der Waals surface area (Å²) in [5, 5.41) is 0. The van der Waals surface area contributed by atoms with Crippen LogP contribution in [0.25, 0.3) is 11.5 Å². The minimum atomic E-state index is -3.53. The van der Waals surface area contributed by atoms with Gasteiger partial charge < -0.3 is 4.42 Å². The molecule has 0 aliphatic heterocycles. The van der Waals surface area contributed by atoms with E-state index in [0.29, 0.717) is 11.6 Å². The summed E-state index contributed by atoms with van der Waals surface area (Å²) in [5.41, 5.74) is 2.96. The van der Waals surface area contributed by atoms with Gasteiger partial charge in [-0.1, -0.05) is 6.07 Å². The van der Waals surface area contributed by atoms with Gasteiger partial charge in [0.1, 0.15) is 6.26 Å². The predicted octanol–water partition coefficient (Wildman–Crippen LogP) is 2.18. The zero-order valence-electron chi connectivity index (χ0n) is 11.8. The maximum Gasteiger partial charge on any atom is 0.301 e. The van der Waals surface area contributed by atoms with Crippen molar-refractivity contribution in [2.24, 2.45) is 0 Å². The highest BCUT2D eigenvalue weighted by molar-refractivity contribution is 7.90. The van der Waals surface area contributed by atoms with Gasteiger partial charge in [0.05, 0.1) is 11.4 Å². The molecule has 0 radical (unpaired) electrons. The van der Waals surface area contributed by atoms with E-state index in [9.17, 15) is 8.42 Å². The molecule has 0 atom stereocenters. The van der Waals surface area contributed by atoms with E-state index in [4.69, 9.17) is 4.42 Å². The Balaban J connectivity index is 2.39. The molecule has 7 heteroatoms. The van der Waals surface area contributed by atoms with E-state index in [-0.39, 0.29) is 0 Å². The Hall–Kier alpha value is -1.86. The van der Waals surface area contributed by atoms with Crippen molar-refractivity contribution in [3.63, 3.8) is 0 Å². The summed E-state index contributed by atoms with van der Waals surface area (Å²) in [6.07, 6.45) is 1.56. The molecule has 0 aliphatic rings. The van der Waals surface area contributed by atoms with Gasteiger partial charge in [-0.15, -0.1) is 0 Å². The summed E-state index contributed by atoms with van der Waals surface area (Å²) < 4.78 is 32.6. The van der Waals surface area contributed by atoms with Crippen LogP contribution in [0.4, 0.5) is 5.69 Å². The first-order valence-corrected chi connectivity index (χ1v) is 7.47. The van der Waals surface area contributed by atoms with Crippen LogP contribution in [-0.4, -0.2) is 31.8 Å². The van der Waals surface area contributed by atoms with Crippen molar-refractivity contribution in [3.8, 4) is 11.5 Å². The third-order valence-corrected chi connectivity index (χ3v) is 4.27. The largest absolute Gasteiger partial charge is 0.444 e. The van der Waals surface area contributed by atoms with Gasteiger partial charge in [-0.05, 0) is 31.5 Å². The fourth-order valence-electron chi connectivity index (χ4n) is 1.63. The van der Waals surface area contributed by atoms with Crippen molar-refractivity contribution in [2.45, 2.75) is 13.8 Å². The van der Waals surface area contributed by atoms with Crippen molar-refractivity contribution in [3.05, 3.63) is 35.7 Å². The quantitative estimate of drug-likeness (QED) is 0.938. The average Bonchev–Trinajstić information content (AvgIpc) is 2.77. The monoisotopic (exact) mass is 295 g/mol. The Morgan fingerprint density at radius 3 is 2.50 bits per heavy atom. The van der Waals surface area contributed by atoms with Gasteiger partial charge in [0.2, 0.25) is 5.89 Å². The summed E-state index contributed by atoms with van der Waals surface area (Å²) in [4.78, 5) is 4.26. The first-order valence-electron chi connectivity index (χ1n) is 6.03. The molecule has 2 aromatic rings. The molecule has 0 aliphatic carbocycles. The van der Waals surface area contributed by atoms with E-state index in [1.165, 1.54) is 14.1 Å². The lowest BCUT2D eigenvalue weighted by Crippen LogP contribution is -2.28. The SMILES string of the molecule is Cc1coc(-c2cc(NS(=O)(=O)N(C)C)ccc2C)n1. The van der Waals surface area contributed by atoms with Crippen molar-refractivity contribution in [1.82, 2.24) is 9.29 Å². The number of nitrogens with one attached hydrogen (secondary N) is 1. The van der Waals surface area contributed by atoms with Gasteiger partial charge in [0.15, 0.2) is 0 Å². The highest BCUT2D eigenvalue weighted by atomic mass is 32.2. The van der Waals surface area contributed by atoms with Gasteiger partial charge in [-0.2, -0.15) is 12.7 Å². The molecule has 1 aromatic heterocycles. The first kappa shape index (κ1) is 14.5. The summed E-state index contributed by atoms with van der Waals surface area (Å²) in [6, 6.07) is 5.24. The lowest BCUT2D eigenvalue weighted by molar-refractivity contribution is 0.527. The molecule has 0 unspecified atom stereocenters. The fourth-order valence-corrected chi connectivity index (χ4v) is 2.24. The van der Waals surface area contributed by atoms with E-state index in [1.807, 2.05) is 19.9 Å². The zero-order valence-corrected chi connectivity index (χ0v) is 12.7. The lowest BCUT2D eigenvalue weighted by atomic mass is 10.1. The van der Waals surface area contributed by atoms with Crippen LogP contribution in [0.3, 0.4) is 0 Å². The van der Waals surface area contributed by atoms with Crippen molar-refractivity contribution in [1.29, 1.82) is 0 Å². The molecule has 20 heavy (non-hydrogen) atoms. The zero-order chi connectivity index (χ0) is 14.9. The third-order valence-electron chi connectivity index (χ3n) is 2.81. The Morgan fingerprint density at radius 1 is 1.25 bits per heavy atom. The third kappa shape index (κ3) is 3.00. The van der Waals surface area contributed by atoms with Crippen LogP contribution >= 0.6 is 0 Å². The minimum absolute atomic E-state index is 0.468. The fraction of sp³-hybridized carbons (Fsp3) is 0.308. The van der Waals surface area contributed by atoms with E-state index in [1.54, 1.807) is 18.4 Å². The summed E-state index contributed by atoms with van der Waals surface area (Å²) >= 11 is 0. The summed E-state index contributed by atoms with van der Waals surface area (Å²) in [7, 11) is -0.591. The second-order valence-corrected chi connectivity index (χ2v) is 6.60. The van der Waals surface area contributed by atoms with Gasteiger partial charge in [-0.25, -0.2) is 4.98 Å². The number of aromatic nitrogens is 1. The second kappa shape index (κ2) is 5.26. The minimum Gasteiger partial charge on any atom is -0.444 e. The van der Waals surface area contributed by atoms with E-state index < -0.39 is 10.2 Å². The molecule has 6 nitrogen and oxygen atoms in total. The molecule has 0 fully saturated rings. The molecule has 1 heterocycles. The number of rotatable bonds is 4. The maximum absolute atomic E-state index is 11.8. The molecule has 1 N–H and O–H groups in total. The molecular formula is C13H17N3O3S. The van der Waals surface area contributed by atoms with E-state index in [2.05, 4.69) is 9.71 Å². The van der Waals surface area contributed by atoms with Crippen LogP contribution < -0.4 is 4.72 Å². The van der Waals surface area contributed by atoms with Crippen molar-refractivity contribution in [2.75, 3.05) is 18.8 Å². The molecule has 0 saturated carbocycles. The van der Waals surface area contributed by atoms with Crippen LogP contribution in [0.15, 0.2) is 28.9 Å². The van der Waals surface area contributed by atoms with Crippen LogP contribution in [0.2, 0.25) is 0 Å². The molecule has 0 spiro atoms. The van der Waals surface area contributed by atoms with Gasteiger partial charge >= 0.3 is 10.2 Å². The van der Waals surface area contributed by atoms with Gasteiger partial charge in [0, 0.05) is 19.7 Å². The number of hydrogen-bond donors (Lipinski definition) is 1. The summed E-state index contributed by atoms with van der Waals surface area (Å²) in [6.45, 7) is 3.75. The molecule has 0 amide bonds. The van der Waals surface area contributed by atoms with Crippen LogP contribution in [0.5, 0.6) is 0 Å². The Morgan fingerprint density at radius 2 is 1.95 bits per heavy atom. The summed E-state index contributed by atoms with van der Waals surface area (Å²) in [5.74, 6) is 0.478. The number of anilines is 1. The standard InChI is InChI=1S/C13H17N3O3S/c1-9-5-6-11(15-20(17,18)16(3)4)7-12(9)13-14-10(2)8-19-13/h5-8,15H,1-4H3. The predicted molar refractivity (Wildman–Crippen MR) is 77.6 cm³/mol. The second-order valence-electron chi connectivity index (χ2n) is 4.71. The Kier molecular flexibility index (Phi) is 3.82. The average molecular weight is 295 g/mol. The number of nitrogens with zero attached hydrogens (tertiary/aromatic N) is 2. The molecule has 0 bridgehead atoms. The first-order chi connectivity index (χ1) is 9.29. The molecule has 0 saturated heterocycles. The lowest BCUT2D eigenvalue weighted by Gasteiger charge is -2.14. The highest BCUT2D eigenvalue weighted by Gasteiger charge is 2.15.